The number of rotatable bonds is 1. The van der Waals surface area contributed by atoms with E-state index in [1.165, 1.54) is 6.07 Å². The molecule has 0 radical (unpaired) electrons. The SMILES string of the molecule is Cc1ccc(NC(=O)N2CCCN(C3=Nc4cc(C(F)(F)F)ccc4Oc4ccccc43)CC2)cc1. The van der Waals surface area contributed by atoms with Crippen LogP contribution in [0.25, 0.3) is 0 Å². The van der Waals surface area contributed by atoms with Crippen LogP contribution in [0.15, 0.2) is 71.7 Å². The highest BCUT2D eigenvalue weighted by molar-refractivity contribution is 6.03. The van der Waals surface area contributed by atoms with Crippen LogP contribution in [-0.2, 0) is 6.18 Å². The lowest BCUT2D eigenvalue weighted by Crippen LogP contribution is -2.39. The molecule has 0 saturated carbocycles. The maximum absolute atomic E-state index is 13.4. The van der Waals surface area contributed by atoms with Crippen molar-refractivity contribution in [3.63, 3.8) is 0 Å². The van der Waals surface area contributed by atoms with E-state index < -0.39 is 11.7 Å². The molecule has 1 fully saturated rings. The highest BCUT2D eigenvalue weighted by Gasteiger charge is 2.32. The van der Waals surface area contributed by atoms with Gasteiger partial charge in [0.2, 0.25) is 0 Å². The molecule has 9 heteroatoms. The number of benzene rings is 3. The van der Waals surface area contributed by atoms with Gasteiger partial charge in [0.25, 0.3) is 0 Å². The van der Waals surface area contributed by atoms with Gasteiger partial charge in [-0.3, -0.25) is 0 Å². The minimum absolute atomic E-state index is 0.120. The number of aryl methyl sites for hydroxylation is 1. The summed E-state index contributed by atoms with van der Waals surface area (Å²) in [6.07, 6.45) is -3.81. The maximum atomic E-state index is 13.4. The van der Waals surface area contributed by atoms with Gasteiger partial charge in [-0.05, 0) is 55.8 Å². The lowest BCUT2D eigenvalue weighted by Gasteiger charge is -2.25. The van der Waals surface area contributed by atoms with Crippen LogP contribution in [0.5, 0.6) is 11.5 Å². The quantitative estimate of drug-likeness (QED) is 0.424. The van der Waals surface area contributed by atoms with E-state index in [0.717, 1.165) is 23.4 Å². The molecule has 2 heterocycles. The van der Waals surface area contributed by atoms with E-state index in [1.54, 1.807) is 11.0 Å². The molecule has 186 valence electrons. The lowest BCUT2D eigenvalue weighted by molar-refractivity contribution is -0.137. The third-order valence-corrected chi connectivity index (χ3v) is 6.25. The second-order valence-electron chi connectivity index (χ2n) is 8.84. The molecular formula is C27H25F3N4O2. The minimum Gasteiger partial charge on any atom is -0.454 e. The number of nitrogens with one attached hydrogen (secondary N) is 1. The van der Waals surface area contributed by atoms with Crippen molar-refractivity contribution < 1.29 is 22.7 Å². The second kappa shape index (κ2) is 9.56. The van der Waals surface area contributed by atoms with Gasteiger partial charge in [-0.1, -0.05) is 29.8 Å². The zero-order valence-corrected chi connectivity index (χ0v) is 19.7. The Morgan fingerprint density at radius 1 is 0.944 bits per heavy atom. The monoisotopic (exact) mass is 494 g/mol. The first-order valence-electron chi connectivity index (χ1n) is 11.7. The van der Waals surface area contributed by atoms with Crippen LogP contribution in [0, 0.1) is 6.92 Å². The van der Waals surface area contributed by atoms with Crippen molar-refractivity contribution in [3.8, 4) is 11.5 Å². The minimum atomic E-state index is -4.49. The van der Waals surface area contributed by atoms with Crippen molar-refractivity contribution in [3.05, 3.63) is 83.4 Å². The molecule has 1 saturated heterocycles. The van der Waals surface area contributed by atoms with E-state index in [-0.39, 0.29) is 17.5 Å². The summed E-state index contributed by atoms with van der Waals surface area (Å²) in [6.45, 7) is 4.04. The van der Waals surface area contributed by atoms with Crippen LogP contribution in [0.3, 0.4) is 0 Å². The van der Waals surface area contributed by atoms with Crippen LogP contribution in [0.2, 0.25) is 0 Å². The predicted molar refractivity (Wildman–Crippen MR) is 132 cm³/mol. The van der Waals surface area contributed by atoms with Gasteiger partial charge in [-0.2, -0.15) is 13.2 Å². The summed E-state index contributed by atoms with van der Waals surface area (Å²) in [4.78, 5) is 21.3. The number of anilines is 1. The summed E-state index contributed by atoms with van der Waals surface area (Å²) in [5.74, 6) is 1.32. The number of para-hydroxylation sites is 1. The molecule has 1 N–H and O–H groups in total. The molecule has 6 nitrogen and oxygen atoms in total. The number of nitrogens with zero attached hydrogens (tertiary/aromatic N) is 3. The number of hydrogen-bond donors (Lipinski definition) is 1. The van der Waals surface area contributed by atoms with Crippen LogP contribution >= 0.6 is 0 Å². The van der Waals surface area contributed by atoms with Crippen LogP contribution < -0.4 is 10.1 Å². The van der Waals surface area contributed by atoms with E-state index in [0.29, 0.717) is 49.7 Å². The molecule has 0 bridgehead atoms. The van der Waals surface area contributed by atoms with E-state index in [9.17, 15) is 18.0 Å². The first kappa shape index (κ1) is 23.7. The molecule has 2 aliphatic rings. The van der Waals surface area contributed by atoms with Gasteiger partial charge in [-0.15, -0.1) is 0 Å². The first-order valence-corrected chi connectivity index (χ1v) is 11.7. The van der Waals surface area contributed by atoms with Gasteiger partial charge in [0.05, 0.1) is 11.1 Å². The van der Waals surface area contributed by atoms with Gasteiger partial charge in [-0.25, -0.2) is 9.79 Å². The largest absolute Gasteiger partial charge is 0.454 e. The molecule has 0 spiro atoms. The smallest absolute Gasteiger partial charge is 0.416 e. The van der Waals surface area contributed by atoms with Gasteiger partial charge in [0.1, 0.15) is 17.3 Å². The summed E-state index contributed by atoms with van der Waals surface area (Å²) in [6, 6.07) is 18.0. The number of fused-ring (bicyclic) bond motifs is 2. The number of ether oxygens (including phenoxy) is 1. The molecule has 3 aromatic rings. The number of aliphatic imine (C=N–C) groups is 1. The van der Waals surface area contributed by atoms with Crippen molar-refractivity contribution in [2.24, 2.45) is 4.99 Å². The predicted octanol–water partition coefficient (Wildman–Crippen LogP) is 6.44. The van der Waals surface area contributed by atoms with Crippen molar-refractivity contribution in [2.75, 3.05) is 31.5 Å². The molecule has 0 unspecified atom stereocenters. The molecule has 2 amide bonds. The summed E-state index contributed by atoms with van der Waals surface area (Å²) in [7, 11) is 0. The van der Waals surface area contributed by atoms with Gasteiger partial charge in [0, 0.05) is 31.9 Å². The Morgan fingerprint density at radius 3 is 2.50 bits per heavy atom. The number of urea groups is 1. The summed E-state index contributed by atoms with van der Waals surface area (Å²) < 4.78 is 46.1. The zero-order chi connectivity index (χ0) is 25.3. The van der Waals surface area contributed by atoms with E-state index in [4.69, 9.17) is 4.74 Å². The molecule has 3 aromatic carbocycles. The average Bonchev–Trinajstić information content (AvgIpc) is 3.19. The molecule has 0 aliphatic carbocycles. The first-order chi connectivity index (χ1) is 17.3. The van der Waals surface area contributed by atoms with Crippen LogP contribution in [0.4, 0.5) is 29.3 Å². The molecular weight excluding hydrogens is 469 g/mol. The van der Waals surface area contributed by atoms with Gasteiger partial charge in [0.15, 0.2) is 5.75 Å². The third kappa shape index (κ3) is 5.00. The third-order valence-electron chi connectivity index (χ3n) is 6.25. The van der Waals surface area contributed by atoms with Crippen LogP contribution in [-0.4, -0.2) is 47.8 Å². The number of carbonyl (C=O) groups is 1. The van der Waals surface area contributed by atoms with Crippen LogP contribution in [0.1, 0.15) is 23.1 Å². The molecule has 2 aliphatic heterocycles. The van der Waals surface area contributed by atoms with Crippen molar-refractivity contribution >= 4 is 23.2 Å². The number of carbonyl (C=O) groups excluding carboxylic acids is 1. The van der Waals surface area contributed by atoms with E-state index in [2.05, 4.69) is 10.3 Å². The summed E-state index contributed by atoms with van der Waals surface area (Å²) in [5.41, 5.74) is 1.86. The number of hydrogen-bond acceptors (Lipinski definition) is 4. The van der Waals surface area contributed by atoms with E-state index >= 15 is 0 Å². The number of amidine groups is 1. The Morgan fingerprint density at radius 2 is 1.72 bits per heavy atom. The highest BCUT2D eigenvalue weighted by atomic mass is 19.4. The fraction of sp³-hybridized carbons (Fsp3) is 0.259. The fourth-order valence-electron chi connectivity index (χ4n) is 4.31. The van der Waals surface area contributed by atoms with Gasteiger partial charge >= 0.3 is 12.2 Å². The molecule has 5 rings (SSSR count). The van der Waals surface area contributed by atoms with Crippen molar-refractivity contribution in [2.45, 2.75) is 19.5 Å². The summed E-state index contributed by atoms with van der Waals surface area (Å²) >= 11 is 0. The Balaban J connectivity index is 1.41. The second-order valence-corrected chi connectivity index (χ2v) is 8.84. The molecule has 36 heavy (non-hydrogen) atoms. The van der Waals surface area contributed by atoms with Crippen molar-refractivity contribution in [1.82, 2.24) is 9.80 Å². The average molecular weight is 495 g/mol. The number of amides is 2. The maximum Gasteiger partial charge on any atom is 0.416 e. The van der Waals surface area contributed by atoms with Gasteiger partial charge < -0.3 is 19.9 Å². The Kier molecular flexibility index (Phi) is 6.30. The normalized spacial score (nSPS) is 15.6. The zero-order valence-electron chi connectivity index (χ0n) is 19.7. The van der Waals surface area contributed by atoms with Crippen molar-refractivity contribution in [1.29, 1.82) is 0 Å². The number of halogens is 3. The Bertz CT molecular complexity index is 1310. The Hall–Kier alpha value is -4.01. The number of alkyl halides is 3. The topological polar surface area (TPSA) is 57.2 Å². The molecule has 0 aromatic heterocycles. The fourth-order valence-corrected chi connectivity index (χ4v) is 4.31. The lowest BCUT2D eigenvalue weighted by atomic mass is 10.1. The standard InChI is InChI=1S/C27H25F3N4O2/c1-18-7-10-20(11-8-18)31-26(35)34-14-4-13-33(15-16-34)25-21-5-2-3-6-23(21)36-24-12-9-19(27(28,29)30)17-22(24)32-25/h2-3,5-12,17H,4,13-16H2,1H3,(H,31,35). The Labute approximate surface area is 207 Å². The summed E-state index contributed by atoms with van der Waals surface area (Å²) in [5, 5.41) is 2.93. The molecule has 0 atom stereocenters. The highest BCUT2D eigenvalue weighted by Crippen LogP contribution is 2.41. The van der Waals surface area contributed by atoms with E-state index in [1.807, 2.05) is 54.3 Å².